The zero-order valence-electron chi connectivity index (χ0n) is 14.9. The third-order valence-corrected chi connectivity index (χ3v) is 5.98. The molecular weight excluding hydrogens is 353 g/mol. The Morgan fingerprint density at radius 2 is 1.96 bits per heavy atom. The Hall–Kier alpha value is -2.03. The topological polar surface area (TPSA) is 56.9 Å². The second kappa shape index (κ2) is 6.94. The monoisotopic (exact) mass is 375 g/mol. The van der Waals surface area contributed by atoms with Gasteiger partial charge in [0.05, 0.1) is 10.9 Å². The number of rotatable bonds is 4. The molecule has 1 aliphatic heterocycles. The number of halogens is 1. The highest BCUT2D eigenvalue weighted by molar-refractivity contribution is 7.17. The number of piperazine rings is 1. The average molecular weight is 375 g/mol. The molecule has 0 bridgehead atoms. The quantitative estimate of drug-likeness (QED) is 0.759. The highest BCUT2D eigenvalue weighted by Gasteiger charge is 2.32. The number of hydrogen-bond donors (Lipinski definition) is 1. The maximum Gasteiger partial charge on any atom is 0.230 e. The van der Waals surface area contributed by atoms with Crippen LogP contribution in [0, 0.1) is 5.82 Å². The van der Waals surface area contributed by atoms with Crippen LogP contribution in [0.15, 0.2) is 24.3 Å². The van der Waals surface area contributed by atoms with Crippen molar-refractivity contribution in [1.29, 1.82) is 0 Å². The van der Waals surface area contributed by atoms with Gasteiger partial charge in [-0.05, 0) is 13.1 Å². The molecule has 0 unspecified atom stereocenters. The van der Waals surface area contributed by atoms with Crippen LogP contribution in [0.25, 0.3) is 4.96 Å². The molecule has 3 heterocycles. The van der Waals surface area contributed by atoms with Crippen LogP contribution in [0.5, 0.6) is 5.88 Å². The molecule has 4 rings (SSSR count). The average Bonchev–Trinajstić information content (AvgIpc) is 3.18. The van der Waals surface area contributed by atoms with E-state index < -0.39 is 0 Å². The Balaban J connectivity index is 1.81. The summed E-state index contributed by atoms with van der Waals surface area (Å²) in [4.78, 5) is 10.3. The summed E-state index contributed by atoms with van der Waals surface area (Å²) in [6.45, 7) is 5.41. The van der Waals surface area contributed by atoms with Crippen molar-refractivity contribution < 1.29 is 9.50 Å². The zero-order valence-corrected chi connectivity index (χ0v) is 15.7. The van der Waals surface area contributed by atoms with Gasteiger partial charge in [-0.1, -0.05) is 36.5 Å². The van der Waals surface area contributed by atoms with E-state index in [0.717, 1.165) is 26.2 Å². The SMILES string of the molecule is CCc1nc2sc([C@@H](c3ccccc3F)N3CCN(C)CC3)c(O)n2n1. The summed E-state index contributed by atoms with van der Waals surface area (Å²) in [7, 11) is 2.09. The molecule has 2 aromatic heterocycles. The van der Waals surface area contributed by atoms with Gasteiger partial charge in [0.2, 0.25) is 10.8 Å². The molecule has 8 heteroatoms. The summed E-state index contributed by atoms with van der Waals surface area (Å²) in [5.74, 6) is 0.494. The maximum atomic E-state index is 14.6. The highest BCUT2D eigenvalue weighted by Crippen LogP contribution is 2.40. The maximum absolute atomic E-state index is 14.6. The van der Waals surface area contributed by atoms with Crippen LogP contribution < -0.4 is 0 Å². The van der Waals surface area contributed by atoms with E-state index in [1.54, 1.807) is 12.1 Å². The number of thiazole rings is 1. The predicted octanol–water partition coefficient (Wildman–Crippen LogP) is 2.53. The molecule has 26 heavy (non-hydrogen) atoms. The molecule has 0 spiro atoms. The molecule has 1 fully saturated rings. The Morgan fingerprint density at radius 1 is 1.23 bits per heavy atom. The minimum absolute atomic E-state index is 0.0596. The van der Waals surface area contributed by atoms with E-state index >= 15 is 0 Å². The fraction of sp³-hybridized carbons (Fsp3) is 0.444. The number of likely N-dealkylation sites (N-methyl/N-ethyl adjacent to an activating group) is 1. The zero-order chi connectivity index (χ0) is 18.3. The van der Waals surface area contributed by atoms with Crippen molar-refractivity contribution >= 4 is 16.3 Å². The first-order valence-corrected chi connectivity index (χ1v) is 9.64. The Morgan fingerprint density at radius 3 is 2.62 bits per heavy atom. The van der Waals surface area contributed by atoms with E-state index in [9.17, 15) is 9.50 Å². The summed E-state index contributed by atoms with van der Waals surface area (Å²) in [6.07, 6.45) is 0.707. The molecule has 1 atom stereocenters. The first-order valence-electron chi connectivity index (χ1n) is 8.82. The fourth-order valence-electron chi connectivity index (χ4n) is 3.40. The molecule has 1 aromatic carbocycles. The summed E-state index contributed by atoms with van der Waals surface area (Å²) >= 11 is 1.38. The molecule has 1 aliphatic rings. The van der Waals surface area contributed by atoms with Gasteiger partial charge < -0.3 is 10.0 Å². The van der Waals surface area contributed by atoms with E-state index in [2.05, 4.69) is 26.9 Å². The Kier molecular flexibility index (Phi) is 4.64. The van der Waals surface area contributed by atoms with E-state index in [0.29, 0.717) is 27.6 Å². The van der Waals surface area contributed by atoms with Crippen LogP contribution in [-0.4, -0.2) is 62.7 Å². The van der Waals surface area contributed by atoms with Gasteiger partial charge in [0, 0.05) is 38.2 Å². The van der Waals surface area contributed by atoms with Gasteiger partial charge in [0.15, 0.2) is 5.82 Å². The highest BCUT2D eigenvalue weighted by atomic mass is 32.1. The summed E-state index contributed by atoms with van der Waals surface area (Å²) in [5, 5.41) is 15.2. The van der Waals surface area contributed by atoms with Crippen molar-refractivity contribution in [2.75, 3.05) is 33.2 Å². The van der Waals surface area contributed by atoms with Crippen LogP contribution in [0.2, 0.25) is 0 Å². The molecule has 0 aliphatic carbocycles. The molecule has 1 saturated heterocycles. The van der Waals surface area contributed by atoms with Crippen LogP contribution in [0.4, 0.5) is 4.39 Å². The minimum atomic E-state index is -0.344. The molecule has 0 radical (unpaired) electrons. The molecule has 0 amide bonds. The molecule has 0 saturated carbocycles. The van der Waals surface area contributed by atoms with Crippen LogP contribution in [0.3, 0.4) is 0 Å². The number of aryl methyl sites for hydroxylation is 1. The number of fused-ring (bicyclic) bond motifs is 1. The first-order chi connectivity index (χ1) is 12.6. The fourth-order valence-corrected chi connectivity index (χ4v) is 4.53. The molecular formula is C18H22FN5OS. The van der Waals surface area contributed by atoms with Crippen molar-refractivity contribution in [3.63, 3.8) is 0 Å². The van der Waals surface area contributed by atoms with Crippen molar-refractivity contribution in [2.24, 2.45) is 0 Å². The largest absolute Gasteiger partial charge is 0.492 e. The molecule has 1 N–H and O–H groups in total. The van der Waals surface area contributed by atoms with Gasteiger partial charge >= 0.3 is 0 Å². The van der Waals surface area contributed by atoms with Crippen molar-refractivity contribution in [2.45, 2.75) is 19.4 Å². The Bertz CT molecular complexity index is 916. The van der Waals surface area contributed by atoms with Gasteiger partial charge in [0.25, 0.3) is 0 Å². The van der Waals surface area contributed by atoms with Crippen LogP contribution in [0.1, 0.15) is 29.2 Å². The second-order valence-electron chi connectivity index (χ2n) is 6.63. The Labute approximate surface area is 155 Å². The van der Waals surface area contributed by atoms with E-state index in [-0.39, 0.29) is 17.7 Å². The number of hydrogen-bond acceptors (Lipinski definition) is 6. The van der Waals surface area contributed by atoms with Crippen molar-refractivity contribution in [3.05, 3.63) is 46.3 Å². The van der Waals surface area contributed by atoms with Crippen molar-refractivity contribution in [1.82, 2.24) is 24.4 Å². The third-order valence-electron chi connectivity index (χ3n) is 4.91. The number of nitrogens with zero attached hydrogens (tertiary/aromatic N) is 5. The number of aromatic nitrogens is 3. The van der Waals surface area contributed by atoms with Gasteiger partial charge in [-0.25, -0.2) is 9.37 Å². The molecule has 3 aromatic rings. The lowest BCUT2D eigenvalue weighted by Crippen LogP contribution is -2.46. The van der Waals surface area contributed by atoms with Gasteiger partial charge in [0.1, 0.15) is 5.82 Å². The van der Waals surface area contributed by atoms with Crippen LogP contribution in [-0.2, 0) is 6.42 Å². The lowest BCUT2D eigenvalue weighted by molar-refractivity contribution is 0.125. The lowest BCUT2D eigenvalue weighted by Gasteiger charge is -2.37. The smallest absolute Gasteiger partial charge is 0.230 e. The van der Waals surface area contributed by atoms with Gasteiger partial charge in [-0.2, -0.15) is 4.52 Å². The summed E-state index contributed by atoms with van der Waals surface area (Å²) in [5.41, 5.74) is 0.576. The van der Waals surface area contributed by atoms with Crippen molar-refractivity contribution in [3.8, 4) is 5.88 Å². The molecule has 138 valence electrons. The van der Waals surface area contributed by atoms with E-state index in [1.807, 2.05) is 13.0 Å². The summed E-state index contributed by atoms with van der Waals surface area (Å²) < 4.78 is 16.1. The van der Waals surface area contributed by atoms with Gasteiger partial charge in [-0.15, -0.1) is 5.10 Å². The molecule has 6 nitrogen and oxygen atoms in total. The third kappa shape index (κ3) is 2.98. The van der Waals surface area contributed by atoms with E-state index in [4.69, 9.17) is 0 Å². The van der Waals surface area contributed by atoms with Crippen LogP contribution >= 0.6 is 11.3 Å². The number of benzene rings is 1. The number of aromatic hydroxyl groups is 1. The van der Waals surface area contributed by atoms with E-state index in [1.165, 1.54) is 21.9 Å². The second-order valence-corrected chi connectivity index (χ2v) is 7.64. The normalized spacial score (nSPS) is 17.8. The summed E-state index contributed by atoms with van der Waals surface area (Å²) in [6, 6.07) is 6.46. The van der Waals surface area contributed by atoms with Gasteiger partial charge in [-0.3, -0.25) is 4.90 Å². The lowest BCUT2D eigenvalue weighted by atomic mass is 10.0. The first kappa shape index (κ1) is 17.4. The predicted molar refractivity (Wildman–Crippen MR) is 99.2 cm³/mol. The minimum Gasteiger partial charge on any atom is -0.492 e. The standard InChI is InChI=1S/C18H22FN5OS/c1-3-14-20-18-24(21-14)17(25)16(26-18)15(12-6-4-5-7-13(12)19)23-10-8-22(2)9-11-23/h4-7,15,25H,3,8-11H2,1-2H3/t15-/m1/s1.